The lowest BCUT2D eigenvalue weighted by molar-refractivity contribution is 0.101. The number of carbonyl (C=O) groups is 1. The molecule has 0 aromatic carbocycles. The van der Waals surface area contributed by atoms with Crippen molar-refractivity contribution >= 4 is 5.78 Å². The van der Waals surface area contributed by atoms with E-state index in [-0.39, 0.29) is 5.78 Å². The Bertz CT molecular complexity index is 260. The van der Waals surface area contributed by atoms with Crippen molar-refractivity contribution < 1.29 is 4.79 Å². The molecule has 0 radical (unpaired) electrons. The second-order valence-corrected chi connectivity index (χ2v) is 3.04. The molecule has 1 aromatic heterocycles. The van der Waals surface area contributed by atoms with Gasteiger partial charge in [0.1, 0.15) is 0 Å². The molecule has 0 aliphatic rings. The van der Waals surface area contributed by atoms with E-state index < -0.39 is 0 Å². The second-order valence-electron chi connectivity index (χ2n) is 3.04. The van der Waals surface area contributed by atoms with Crippen LogP contribution in [0.3, 0.4) is 0 Å². The molecule has 0 unspecified atom stereocenters. The highest BCUT2D eigenvalue weighted by molar-refractivity contribution is 5.92. The predicted octanol–water partition coefficient (Wildman–Crippen LogP) is 2.34. The van der Waals surface area contributed by atoms with Crippen LogP contribution in [0.1, 0.15) is 42.9 Å². The van der Waals surface area contributed by atoms with Gasteiger partial charge in [-0.25, -0.2) is 0 Å². The standard InChI is InChI=1S/C9H13NO/c1-6(2)8-4-5-9(10-8)7(3)11/h4-6,10H,1-3H3. The zero-order valence-electron chi connectivity index (χ0n) is 7.14. The number of aromatic nitrogens is 1. The number of H-pyrrole nitrogens is 1. The Balaban J connectivity index is 2.90. The van der Waals surface area contributed by atoms with Gasteiger partial charge in [-0.05, 0) is 18.1 Å². The Morgan fingerprint density at radius 3 is 2.36 bits per heavy atom. The van der Waals surface area contributed by atoms with E-state index in [9.17, 15) is 4.79 Å². The summed E-state index contributed by atoms with van der Waals surface area (Å²) in [6.45, 7) is 5.75. The van der Waals surface area contributed by atoms with E-state index in [4.69, 9.17) is 0 Å². The fraction of sp³-hybridized carbons (Fsp3) is 0.444. The van der Waals surface area contributed by atoms with Crippen molar-refractivity contribution in [1.29, 1.82) is 0 Å². The highest BCUT2D eigenvalue weighted by atomic mass is 16.1. The van der Waals surface area contributed by atoms with Crippen molar-refractivity contribution in [2.24, 2.45) is 0 Å². The topological polar surface area (TPSA) is 32.9 Å². The highest BCUT2D eigenvalue weighted by Gasteiger charge is 2.04. The minimum Gasteiger partial charge on any atom is -0.356 e. The summed E-state index contributed by atoms with van der Waals surface area (Å²) in [6, 6.07) is 3.79. The highest BCUT2D eigenvalue weighted by Crippen LogP contribution is 2.12. The van der Waals surface area contributed by atoms with Gasteiger partial charge in [-0.2, -0.15) is 0 Å². The fourth-order valence-electron chi connectivity index (χ4n) is 0.954. The second kappa shape index (κ2) is 2.91. The van der Waals surface area contributed by atoms with Gasteiger partial charge in [0.25, 0.3) is 0 Å². The van der Waals surface area contributed by atoms with Crippen LogP contribution in [0, 0.1) is 0 Å². The van der Waals surface area contributed by atoms with Gasteiger partial charge in [-0.1, -0.05) is 13.8 Å². The van der Waals surface area contributed by atoms with Crippen LogP contribution in [0.2, 0.25) is 0 Å². The number of hydrogen-bond acceptors (Lipinski definition) is 1. The van der Waals surface area contributed by atoms with Gasteiger partial charge in [0.05, 0.1) is 5.69 Å². The summed E-state index contributed by atoms with van der Waals surface area (Å²) in [7, 11) is 0. The third-order valence-corrected chi connectivity index (χ3v) is 1.71. The number of hydrogen-bond donors (Lipinski definition) is 1. The SMILES string of the molecule is CC(=O)c1ccc(C(C)C)[nH]1. The number of rotatable bonds is 2. The number of nitrogens with one attached hydrogen (secondary N) is 1. The summed E-state index contributed by atoms with van der Waals surface area (Å²) in [5.74, 6) is 0.556. The normalized spacial score (nSPS) is 10.5. The van der Waals surface area contributed by atoms with Crippen molar-refractivity contribution in [2.75, 3.05) is 0 Å². The first-order valence-corrected chi connectivity index (χ1v) is 3.81. The minimum atomic E-state index is 0.0944. The zero-order valence-corrected chi connectivity index (χ0v) is 7.14. The molecule has 2 heteroatoms. The van der Waals surface area contributed by atoms with Crippen LogP contribution in [0.4, 0.5) is 0 Å². The Hall–Kier alpha value is -1.05. The quantitative estimate of drug-likeness (QED) is 0.646. The Morgan fingerprint density at radius 2 is 2.09 bits per heavy atom. The number of carbonyl (C=O) groups excluding carboxylic acids is 1. The number of aromatic amines is 1. The van der Waals surface area contributed by atoms with E-state index in [0.717, 1.165) is 5.69 Å². The monoisotopic (exact) mass is 151 g/mol. The summed E-state index contributed by atoms with van der Waals surface area (Å²) in [4.78, 5) is 13.9. The molecule has 0 saturated carbocycles. The largest absolute Gasteiger partial charge is 0.356 e. The summed E-state index contributed by atoms with van der Waals surface area (Å²) < 4.78 is 0. The van der Waals surface area contributed by atoms with Gasteiger partial charge in [-0.3, -0.25) is 4.79 Å². The molecule has 1 heterocycles. The Morgan fingerprint density at radius 1 is 1.45 bits per heavy atom. The molecule has 1 N–H and O–H groups in total. The van der Waals surface area contributed by atoms with Crippen molar-refractivity contribution in [3.05, 3.63) is 23.5 Å². The van der Waals surface area contributed by atoms with Crippen LogP contribution in [0.15, 0.2) is 12.1 Å². The summed E-state index contributed by atoms with van der Waals surface area (Å²) in [5.41, 5.74) is 1.82. The first-order chi connectivity index (χ1) is 5.11. The van der Waals surface area contributed by atoms with Crippen LogP contribution in [-0.4, -0.2) is 10.8 Å². The molecule has 60 valence electrons. The molecule has 2 nitrogen and oxygen atoms in total. The minimum absolute atomic E-state index is 0.0944. The van der Waals surface area contributed by atoms with E-state index in [1.807, 2.05) is 12.1 Å². The van der Waals surface area contributed by atoms with Gasteiger partial charge in [-0.15, -0.1) is 0 Å². The molecule has 0 atom stereocenters. The predicted molar refractivity (Wildman–Crippen MR) is 44.9 cm³/mol. The molecule has 0 aliphatic carbocycles. The average molecular weight is 151 g/mol. The van der Waals surface area contributed by atoms with Crippen LogP contribution >= 0.6 is 0 Å². The van der Waals surface area contributed by atoms with Crippen LogP contribution in [-0.2, 0) is 0 Å². The van der Waals surface area contributed by atoms with Crippen LogP contribution in [0.25, 0.3) is 0 Å². The van der Waals surface area contributed by atoms with Crippen molar-refractivity contribution in [2.45, 2.75) is 26.7 Å². The fourth-order valence-corrected chi connectivity index (χ4v) is 0.954. The van der Waals surface area contributed by atoms with Gasteiger partial charge >= 0.3 is 0 Å². The van der Waals surface area contributed by atoms with E-state index in [2.05, 4.69) is 18.8 Å². The molecule has 0 amide bonds. The lowest BCUT2D eigenvalue weighted by Gasteiger charge is -1.98. The maximum Gasteiger partial charge on any atom is 0.175 e. The lowest BCUT2D eigenvalue weighted by atomic mass is 10.1. The summed E-state index contributed by atoms with van der Waals surface area (Å²) >= 11 is 0. The summed E-state index contributed by atoms with van der Waals surface area (Å²) in [6.07, 6.45) is 0. The maximum atomic E-state index is 10.9. The lowest BCUT2D eigenvalue weighted by Crippen LogP contribution is -1.93. The third-order valence-electron chi connectivity index (χ3n) is 1.71. The van der Waals surface area contributed by atoms with Gasteiger partial charge < -0.3 is 4.98 Å². The number of ketones is 1. The van der Waals surface area contributed by atoms with E-state index in [1.165, 1.54) is 0 Å². The zero-order chi connectivity index (χ0) is 8.43. The van der Waals surface area contributed by atoms with E-state index in [1.54, 1.807) is 6.92 Å². The molecule has 0 saturated heterocycles. The van der Waals surface area contributed by atoms with Crippen molar-refractivity contribution in [3.63, 3.8) is 0 Å². The molecular weight excluding hydrogens is 138 g/mol. The molecule has 11 heavy (non-hydrogen) atoms. The number of Topliss-reactive ketones (excluding diaryl/α,β-unsaturated/α-hetero) is 1. The third kappa shape index (κ3) is 1.70. The molecule has 1 rings (SSSR count). The Kier molecular flexibility index (Phi) is 2.13. The first-order valence-electron chi connectivity index (χ1n) is 3.81. The van der Waals surface area contributed by atoms with E-state index in [0.29, 0.717) is 11.6 Å². The van der Waals surface area contributed by atoms with E-state index >= 15 is 0 Å². The van der Waals surface area contributed by atoms with Gasteiger partial charge in [0.2, 0.25) is 0 Å². The summed E-state index contributed by atoms with van der Waals surface area (Å²) in [5, 5.41) is 0. The molecular formula is C9H13NO. The molecule has 0 spiro atoms. The van der Waals surface area contributed by atoms with Gasteiger partial charge in [0, 0.05) is 12.6 Å². The molecule has 0 fully saturated rings. The van der Waals surface area contributed by atoms with Gasteiger partial charge in [0.15, 0.2) is 5.78 Å². The van der Waals surface area contributed by atoms with Crippen LogP contribution < -0.4 is 0 Å². The maximum absolute atomic E-state index is 10.9. The Labute approximate surface area is 66.6 Å². The first kappa shape index (κ1) is 8.05. The van der Waals surface area contributed by atoms with Crippen molar-refractivity contribution in [3.8, 4) is 0 Å². The molecule has 1 aromatic rings. The smallest absolute Gasteiger partial charge is 0.175 e. The van der Waals surface area contributed by atoms with Crippen molar-refractivity contribution in [1.82, 2.24) is 4.98 Å². The molecule has 0 aliphatic heterocycles. The van der Waals surface area contributed by atoms with Crippen LogP contribution in [0.5, 0.6) is 0 Å². The average Bonchev–Trinajstić information content (AvgIpc) is 2.33. The molecule has 0 bridgehead atoms.